The summed E-state index contributed by atoms with van der Waals surface area (Å²) >= 11 is 0. The third-order valence-electron chi connectivity index (χ3n) is 16.1. The Kier molecular flexibility index (Phi) is 9.76. The molecule has 0 saturated carbocycles. The molecule has 0 radical (unpaired) electrons. The predicted octanol–water partition coefficient (Wildman–Crippen LogP) is 17.8. The van der Waals surface area contributed by atoms with Gasteiger partial charge in [0.05, 0.1) is 10.8 Å². The zero-order chi connectivity index (χ0) is 48.9. The van der Waals surface area contributed by atoms with E-state index in [0.29, 0.717) is 0 Å². The lowest BCUT2D eigenvalue weighted by molar-refractivity contribution is 0.624. The summed E-state index contributed by atoms with van der Waals surface area (Å²) < 4.78 is 30.1. The van der Waals surface area contributed by atoms with E-state index >= 15 is 8.78 Å². The Bertz CT molecular complexity index is 3630. The van der Waals surface area contributed by atoms with Crippen molar-refractivity contribution in [2.45, 2.75) is 30.1 Å². The summed E-state index contributed by atoms with van der Waals surface area (Å²) in [6, 6.07) is 78.2. The topological polar surface area (TPSA) is 3.24 Å². The van der Waals surface area contributed by atoms with E-state index < -0.39 is 10.8 Å². The van der Waals surface area contributed by atoms with E-state index in [-0.39, 0.29) is 17.0 Å². The van der Waals surface area contributed by atoms with Crippen LogP contribution in [0.4, 0.5) is 25.8 Å². The number of anilines is 3. The van der Waals surface area contributed by atoms with Crippen molar-refractivity contribution in [1.29, 1.82) is 0 Å². The average molecular weight is 930 g/mol. The van der Waals surface area contributed by atoms with Crippen molar-refractivity contribution in [2.24, 2.45) is 0 Å². The van der Waals surface area contributed by atoms with Gasteiger partial charge >= 0.3 is 0 Å². The number of benzene rings is 10. The highest BCUT2D eigenvalue weighted by molar-refractivity contribution is 5.93. The minimum atomic E-state index is -0.794. The third-order valence-corrected chi connectivity index (χ3v) is 16.1. The van der Waals surface area contributed by atoms with Crippen LogP contribution in [0.25, 0.3) is 45.5 Å². The Labute approximate surface area is 420 Å². The second kappa shape index (κ2) is 16.2. The molecule has 0 N–H and O–H groups in total. The van der Waals surface area contributed by atoms with Gasteiger partial charge in [-0.05, 0) is 161 Å². The second-order valence-corrected chi connectivity index (χ2v) is 20.0. The Morgan fingerprint density at radius 3 is 1.03 bits per heavy atom. The van der Waals surface area contributed by atoms with Crippen LogP contribution in [-0.2, 0) is 16.2 Å². The van der Waals surface area contributed by atoms with E-state index in [9.17, 15) is 0 Å². The summed E-state index contributed by atoms with van der Waals surface area (Å²) in [5, 5.41) is 0. The van der Waals surface area contributed by atoms with Crippen LogP contribution >= 0.6 is 0 Å². The first-order chi connectivity index (χ1) is 35.2. The van der Waals surface area contributed by atoms with E-state index in [4.69, 9.17) is 0 Å². The normalized spacial score (nSPS) is 17.2. The predicted molar refractivity (Wildman–Crippen MR) is 293 cm³/mol. The molecule has 3 aliphatic rings. The molecular weight excluding hydrogens is 881 g/mol. The van der Waals surface area contributed by atoms with E-state index in [1.807, 2.05) is 36.4 Å². The van der Waals surface area contributed by atoms with Crippen molar-refractivity contribution >= 4 is 29.2 Å². The monoisotopic (exact) mass is 929 g/mol. The molecule has 0 aromatic heterocycles. The number of hydrogen-bond donors (Lipinski definition) is 0. The van der Waals surface area contributed by atoms with Crippen LogP contribution in [-0.4, -0.2) is 0 Å². The first-order valence-electron chi connectivity index (χ1n) is 24.7. The minimum Gasteiger partial charge on any atom is -0.310 e. The van der Waals surface area contributed by atoms with Gasteiger partial charge in [-0.15, -0.1) is 0 Å². The molecule has 2 unspecified atom stereocenters. The van der Waals surface area contributed by atoms with Crippen molar-refractivity contribution in [3.63, 3.8) is 0 Å². The molecule has 0 amide bonds. The number of fused-ring (bicyclic) bond motifs is 9. The SMILES string of the molecule is C=Cc1ccc(C2(c3ccc(F)cc3)c3ccccc3-c3ccc(N(c4ccc5c(c4)C(C)(C)c4ccccc4-5)c4ccc5c(c4)C(c4ccc(F)cc4)(c4ccc(C=C)cc4)c4ccccc4-5)cc32)cc1. The van der Waals surface area contributed by atoms with Crippen LogP contribution in [0.5, 0.6) is 0 Å². The number of hydrogen-bond acceptors (Lipinski definition) is 1. The zero-order valence-corrected chi connectivity index (χ0v) is 40.1. The van der Waals surface area contributed by atoms with Gasteiger partial charge in [0.25, 0.3) is 0 Å². The van der Waals surface area contributed by atoms with Gasteiger partial charge in [0, 0.05) is 22.5 Å². The van der Waals surface area contributed by atoms with Crippen LogP contribution in [0.3, 0.4) is 0 Å². The van der Waals surface area contributed by atoms with Crippen LogP contribution in [0.1, 0.15) is 80.6 Å². The van der Waals surface area contributed by atoms with Crippen molar-refractivity contribution in [1.82, 2.24) is 0 Å². The second-order valence-electron chi connectivity index (χ2n) is 20.0. The van der Waals surface area contributed by atoms with Gasteiger partial charge in [-0.1, -0.05) is 203 Å². The molecular formula is C69H49F2N. The van der Waals surface area contributed by atoms with Gasteiger partial charge in [-0.2, -0.15) is 0 Å². The van der Waals surface area contributed by atoms with Crippen molar-refractivity contribution < 1.29 is 8.78 Å². The minimum absolute atomic E-state index is 0.253. The van der Waals surface area contributed by atoms with Gasteiger partial charge < -0.3 is 4.90 Å². The molecule has 10 aromatic rings. The molecule has 1 nitrogen and oxygen atoms in total. The molecule has 3 aliphatic carbocycles. The van der Waals surface area contributed by atoms with E-state index in [1.54, 1.807) is 24.3 Å². The fourth-order valence-electron chi connectivity index (χ4n) is 12.8. The molecule has 0 heterocycles. The first-order valence-corrected chi connectivity index (χ1v) is 24.7. The van der Waals surface area contributed by atoms with Crippen molar-refractivity contribution in [2.75, 3.05) is 4.90 Å². The first kappa shape index (κ1) is 43.4. The maximum Gasteiger partial charge on any atom is 0.123 e. The molecule has 0 bridgehead atoms. The lowest BCUT2D eigenvalue weighted by Crippen LogP contribution is -2.29. The lowest BCUT2D eigenvalue weighted by atomic mass is 9.67. The van der Waals surface area contributed by atoms with Gasteiger partial charge in [-0.25, -0.2) is 8.78 Å². The standard InChI is InChI=1S/C69H49F2N/c1-5-44-19-23-46(24-20-44)68(48-27-31-50(70)32-28-48)62-17-11-8-14-56(62)59-39-36-53(42-65(59)68)72(52-35-38-58-55-13-7-10-16-61(55)67(3,4)64(58)41-52)54-37-40-60-57-15-9-12-18-63(57)69(66(60)43-54,49-29-33-51(71)34-30-49)47-25-21-45(6-2)22-26-47/h5-43H,1-2H2,3-4H3. The molecule has 0 aliphatic heterocycles. The average Bonchev–Trinajstić information content (AvgIpc) is 3.98. The Balaban J connectivity index is 1.10. The molecule has 3 heteroatoms. The summed E-state index contributed by atoms with van der Waals surface area (Å²) in [6.45, 7) is 12.8. The van der Waals surface area contributed by atoms with Crippen LogP contribution in [0.2, 0.25) is 0 Å². The summed E-state index contributed by atoms with van der Waals surface area (Å²) in [7, 11) is 0. The Morgan fingerprint density at radius 2 is 0.639 bits per heavy atom. The van der Waals surface area contributed by atoms with E-state index in [0.717, 1.165) is 95.0 Å². The quantitative estimate of drug-likeness (QED) is 0.139. The molecule has 13 rings (SSSR count). The molecule has 2 atom stereocenters. The summed E-state index contributed by atoms with van der Waals surface area (Å²) in [6.07, 6.45) is 3.74. The summed E-state index contributed by atoms with van der Waals surface area (Å²) in [5.41, 5.74) is 21.4. The largest absolute Gasteiger partial charge is 0.310 e. The van der Waals surface area contributed by atoms with Gasteiger partial charge in [0.2, 0.25) is 0 Å². The summed E-state index contributed by atoms with van der Waals surface area (Å²) in [5.74, 6) is -0.563. The maximum absolute atomic E-state index is 15.0. The molecule has 72 heavy (non-hydrogen) atoms. The molecule has 344 valence electrons. The fourth-order valence-corrected chi connectivity index (χ4v) is 12.8. The van der Waals surface area contributed by atoms with Gasteiger partial charge in [-0.3, -0.25) is 0 Å². The van der Waals surface area contributed by atoms with Crippen molar-refractivity contribution in [3.8, 4) is 33.4 Å². The molecule has 0 spiro atoms. The van der Waals surface area contributed by atoms with Gasteiger partial charge in [0.15, 0.2) is 0 Å². The van der Waals surface area contributed by atoms with E-state index in [2.05, 4.69) is 208 Å². The highest BCUT2D eigenvalue weighted by atomic mass is 19.1. The smallest absolute Gasteiger partial charge is 0.123 e. The lowest BCUT2D eigenvalue weighted by Gasteiger charge is -2.36. The fraction of sp³-hybridized carbons (Fsp3) is 0.0725. The van der Waals surface area contributed by atoms with Crippen molar-refractivity contribution in [3.05, 3.63) is 316 Å². The molecule has 10 aromatic carbocycles. The number of halogens is 2. The highest BCUT2D eigenvalue weighted by Crippen LogP contribution is 2.60. The summed E-state index contributed by atoms with van der Waals surface area (Å²) in [4.78, 5) is 2.42. The number of rotatable bonds is 9. The Morgan fingerprint density at radius 1 is 0.333 bits per heavy atom. The Hall–Kier alpha value is -8.66. The van der Waals surface area contributed by atoms with Crippen LogP contribution in [0.15, 0.2) is 238 Å². The molecule has 0 saturated heterocycles. The van der Waals surface area contributed by atoms with Gasteiger partial charge in [0.1, 0.15) is 11.6 Å². The zero-order valence-electron chi connectivity index (χ0n) is 40.1. The maximum atomic E-state index is 15.0. The van der Waals surface area contributed by atoms with Crippen LogP contribution in [0, 0.1) is 11.6 Å². The molecule has 0 fully saturated rings. The number of nitrogens with zero attached hydrogens (tertiary/aromatic N) is 1. The highest BCUT2D eigenvalue weighted by Gasteiger charge is 2.48. The van der Waals surface area contributed by atoms with E-state index in [1.165, 1.54) is 22.3 Å². The van der Waals surface area contributed by atoms with Crippen LogP contribution < -0.4 is 4.90 Å². The third kappa shape index (κ3) is 6.10.